The average molecular weight is 693 g/mol. The van der Waals surface area contributed by atoms with E-state index in [9.17, 15) is 66.4 Å². The summed E-state index contributed by atoms with van der Waals surface area (Å²) >= 11 is 0. The topological polar surface area (TPSA) is 328 Å². The van der Waals surface area contributed by atoms with Gasteiger partial charge in [-0.3, -0.25) is 0 Å². The fourth-order valence-electron chi connectivity index (χ4n) is 6.09. The highest BCUT2D eigenvalue weighted by Crippen LogP contribution is 2.37. The van der Waals surface area contributed by atoms with Crippen LogP contribution in [0.3, 0.4) is 0 Å². The van der Waals surface area contributed by atoms with Gasteiger partial charge in [-0.15, -0.1) is 0 Å². The van der Waals surface area contributed by atoms with Gasteiger partial charge in [0.15, 0.2) is 18.9 Å². The maximum absolute atomic E-state index is 11.2. The van der Waals surface area contributed by atoms with E-state index in [4.69, 9.17) is 33.2 Å². The molecule has 4 saturated heterocycles. The highest BCUT2D eigenvalue weighted by atomic mass is 16.8. The Kier molecular flexibility index (Phi) is 13.7. The molecule has 13 N–H and O–H groups in total. The van der Waals surface area contributed by atoms with Gasteiger partial charge in [0, 0.05) is 0 Å². The molecule has 0 aromatic rings. The van der Waals surface area contributed by atoms with Gasteiger partial charge in [-0.05, 0) is 5.92 Å². The summed E-state index contributed by atoms with van der Waals surface area (Å²) in [6.45, 7) is 0.212. The monoisotopic (exact) mass is 692 g/mol. The van der Waals surface area contributed by atoms with Crippen LogP contribution in [0.4, 0.5) is 0 Å². The van der Waals surface area contributed by atoms with Gasteiger partial charge in [0.25, 0.3) is 0 Å². The number of hydrogen-bond donors (Lipinski definition) is 13. The second-order valence-electron chi connectivity index (χ2n) is 12.5. The zero-order chi connectivity index (χ0) is 34.9. The lowest BCUT2D eigenvalue weighted by atomic mass is 9.88. The lowest BCUT2D eigenvalue weighted by molar-refractivity contribution is -0.393. The van der Waals surface area contributed by atoms with Crippen molar-refractivity contribution in [2.24, 2.45) is 5.92 Å². The molecule has 0 spiro atoms. The third kappa shape index (κ3) is 7.92. The van der Waals surface area contributed by atoms with Crippen LogP contribution in [-0.2, 0) is 33.2 Å². The van der Waals surface area contributed by atoms with Crippen LogP contribution in [0.25, 0.3) is 0 Å². The Morgan fingerprint density at radius 2 is 0.766 bits per heavy atom. The molecule has 0 bridgehead atoms. The molecule has 0 saturated carbocycles. The quantitative estimate of drug-likeness (QED) is 0.0956. The van der Waals surface area contributed by atoms with Gasteiger partial charge in [0.2, 0.25) is 0 Å². The zero-order valence-electron chi connectivity index (χ0n) is 25.6. The predicted molar refractivity (Wildman–Crippen MR) is 147 cm³/mol. The van der Waals surface area contributed by atoms with E-state index in [1.807, 2.05) is 0 Å². The Labute approximate surface area is 268 Å². The summed E-state index contributed by atoms with van der Waals surface area (Å²) in [5, 5.41) is 134. The lowest BCUT2D eigenvalue weighted by Gasteiger charge is -2.51. The maximum atomic E-state index is 11.2. The Morgan fingerprint density at radius 3 is 1.19 bits per heavy atom. The normalized spacial score (nSPS) is 51.3. The zero-order valence-corrected chi connectivity index (χ0v) is 25.6. The van der Waals surface area contributed by atoms with Crippen LogP contribution < -0.4 is 0 Å². The van der Waals surface area contributed by atoms with Gasteiger partial charge >= 0.3 is 0 Å². The van der Waals surface area contributed by atoms with E-state index < -0.39 is 155 Å². The Balaban J connectivity index is 1.67. The van der Waals surface area contributed by atoms with Crippen LogP contribution in [-0.4, -0.2) is 215 Å². The first kappa shape index (κ1) is 39.0. The molecule has 0 aromatic carbocycles. The molecule has 20 nitrogen and oxygen atoms in total. The Morgan fingerprint density at radius 1 is 0.404 bits per heavy atom. The minimum Gasteiger partial charge on any atom is -0.394 e. The molecule has 1 unspecified atom stereocenters. The van der Waals surface area contributed by atoms with Crippen LogP contribution in [0.15, 0.2) is 0 Å². The largest absolute Gasteiger partial charge is 0.394 e. The van der Waals surface area contributed by atoms with Crippen LogP contribution >= 0.6 is 0 Å². The van der Waals surface area contributed by atoms with Crippen molar-refractivity contribution in [2.45, 2.75) is 136 Å². The molecule has 47 heavy (non-hydrogen) atoms. The fraction of sp³-hybridized carbons (Fsp3) is 1.00. The number of aliphatic hydroxyl groups is 13. The summed E-state index contributed by atoms with van der Waals surface area (Å²) in [5.74, 6) is -0.472. The van der Waals surface area contributed by atoms with Crippen LogP contribution in [0.1, 0.15) is 13.8 Å². The van der Waals surface area contributed by atoms with E-state index in [0.29, 0.717) is 0 Å². The summed E-state index contributed by atoms with van der Waals surface area (Å²) in [6, 6.07) is 0. The lowest BCUT2D eigenvalue weighted by Crippen LogP contribution is -2.68. The summed E-state index contributed by atoms with van der Waals surface area (Å²) < 4.78 is 40.2. The van der Waals surface area contributed by atoms with Crippen LogP contribution in [0.2, 0.25) is 0 Å². The van der Waals surface area contributed by atoms with Gasteiger partial charge in [-0.25, -0.2) is 0 Å². The van der Waals surface area contributed by atoms with Crippen molar-refractivity contribution in [3.05, 3.63) is 0 Å². The van der Waals surface area contributed by atoms with E-state index in [-0.39, 0.29) is 0 Å². The summed E-state index contributed by atoms with van der Waals surface area (Å²) in [6.07, 6.45) is -33.5. The first-order chi connectivity index (χ1) is 22.2. The molecule has 0 aliphatic carbocycles. The summed E-state index contributed by atoms with van der Waals surface area (Å²) in [7, 11) is 0. The first-order valence-corrected chi connectivity index (χ1v) is 15.3. The van der Waals surface area contributed by atoms with Gasteiger partial charge in [-0.2, -0.15) is 0 Å². The van der Waals surface area contributed by atoms with Crippen LogP contribution in [0, 0.1) is 5.92 Å². The maximum Gasteiger partial charge on any atom is 0.187 e. The Hall–Kier alpha value is -0.800. The molecule has 4 aliphatic heterocycles. The summed E-state index contributed by atoms with van der Waals surface area (Å²) in [5.41, 5.74) is 0. The van der Waals surface area contributed by atoms with Crippen molar-refractivity contribution in [2.75, 3.05) is 26.4 Å². The van der Waals surface area contributed by atoms with Gasteiger partial charge < -0.3 is 99.5 Å². The number of rotatable bonds is 11. The SMILES string of the molecule is CC(C)C1O[C@H](CO)[C@@H](O)[C@H](O[C@@H]2O[C@H](CO)[C@@H](O)[C@H](O)[C@H]2O)[C@H]1O[C@@H]1O[C@H](CO)[C@@H](O)[C@H](O)[C@H]1O[C@@H]1O[C@H](CO)[C@@H](O)[C@H](O)[C@H]1O. The molecule has 4 heterocycles. The van der Waals surface area contributed by atoms with Crippen molar-refractivity contribution >= 4 is 0 Å². The third-order valence-electron chi connectivity index (χ3n) is 8.93. The fourth-order valence-corrected chi connectivity index (χ4v) is 6.09. The van der Waals surface area contributed by atoms with E-state index >= 15 is 0 Å². The van der Waals surface area contributed by atoms with Gasteiger partial charge in [0.05, 0.1) is 32.5 Å². The van der Waals surface area contributed by atoms with Crippen molar-refractivity contribution in [1.82, 2.24) is 0 Å². The van der Waals surface area contributed by atoms with Crippen molar-refractivity contribution in [3.63, 3.8) is 0 Å². The van der Waals surface area contributed by atoms with E-state index in [2.05, 4.69) is 0 Å². The number of ether oxygens (including phenoxy) is 7. The molecule has 0 aromatic heterocycles. The molecule has 20 atom stereocenters. The standard InChI is InChI=1S/C27H48O20/c1-7(2)21-24(22(15(35)11(6-31)41-21)45-25-19(39)16(36)12(32)8(3-28)42-25)47-27-23(18(38)14(34)10(5-30)44-27)46-26-20(40)17(37)13(33)9(4-29)43-26/h7-40H,3-6H2,1-2H3/t8-,9-,10-,11-,12-,13-,14-,15-,16+,17+,18+,19-,20-,21?,22+,23-,24+,25+,26+,27+/m1/s1. The second kappa shape index (κ2) is 16.5. The molecule has 4 aliphatic rings. The van der Waals surface area contributed by atoms with E-state index in [0.717, 1.165) is 0 Å². The van der Waals surface area contributed by atoms with Crippen molar-refractivity contribution in [1.29, 1.82) is 0 Å². The molecule has 4 rings (SSSR count). The minimum absolute atomic E-state index is 0.472. The molecule has 0 radical (unpaired) electrons. The average Bonchev–Trinajstić information content (AvgIpc) is 3.05. The van der Waals surface area contributed by atoms with Crippen molar-refractivity contribution in [3.8, 4) is 0 Å². The molecule has 4 fully saturated rings. The highest BCUT2D eigenvalue weighted by Gasteiger charge is 2.56. The molecule has 20 heteroatoms. The van der Waals surface area contributed by atoms with Gasteiger partial charge in [0.1, 0.15) is 97.7 Å². The highest BCUT2D eigenvalue weighted by molar-refractivity contribution is 5.00. The number of hydrogen-bond acceptors (Lipinski definition) is 20. The van der Waals surface area contributed by atoms with Crippen molar-refractivity contribution < 1.29 is 99.5 Å². The second-order valence-corrected chi connectivity index (χ2v) is 12.5. The number of aliphatic hydroxyl groups excluding tert-OH is 13. The molecule has 276 valence electrons. The summed E-state index contributed by atoms with van der Waals surface area (Å²) in [4.78, 5) is 0. The first-order valence-electron chi connectivity index (χ1n) is 15.3. The minimum atomic E-state index is -1.94. The molecule has 0 amide bonds. The Bertz CT molecular complexity index is 959. The molecular formula is C27H48O20. The van der Waals surface area contributed by atoms with E-state index in [1.165, 1.54) is 0 Å². The van der Waals surface area contributed by atoms with Crippen LogP contribution in [0.5, 0.6) is 0 Å². The predicted octanol–water partition coefficient (Wildman–Crippen LogP) is -8.04. The van der Waals surface area contributed by atoms with E-state index in [1.54, 1.807) is 13.8 Å². The molecular weight excluding hydrogens is 644 g/mol. The third-order valence-corrected chi connectivity index (χ3v) is 8.93. The van der Waals surface area contributed by atoms with Gasteiger partial charge in [-0.1, -0.05) is 13.8 Å². The smallest absolute Gasteiger partial charge is 0.187 e.